The molecule has 2 aliphatic rings. The van der Waals surface area contributed by atoms with Crippen LogP contribution in [-0.4, -0.2) is 59.5 Å². The van der Waals surface area contributed by atoms with Crippen molar-refractivity contribution >= 4 is 29.4 Å². The topological polar surface area (TPSA) is 32.3 Å². The van der Waals surface area contributed by atoms with Crippen LogP contribution in [0, 0.1) is 0 Å². The lowest BCUT2D eigenvalue weighted by Crippen LogP contribution is -2.40. The molecule has 1 amide bonds. The number of carbonyl (C=O) groups excluding carboxylic acids is 1. The Morgan fingerprint density at radius 1 is 1.53 bits per heavy atom. The number of likely N-dealkylation sites (N-methyl/N-ethyl adjacent to an activating group) is 1. The number of amides is 1. The zero-order valence-corrected chi connectivity index (χ0v) is 10.7. The molecule has 2 atom stereocenters. The van der Waals surface area contributed by atoms with E-state index >= 15 is 0 Å². The van der Waals surface area contributed by atoms with Gasteiger partial charge in [0.2, 0.25) is 5.91 Å². The second kappa shape index (κ2) is 5.46. The van der Waals surface area contributed by atoms with Gasteiger partial charge in [0.15, 0.2) is 0 Å². The monoisotopic (exact) mass is 246 g/mol. The molecule has 0 aromatic carbocycles. The van der Waals surface area contributed by atoms with Gasteiger partial charge in [0, 0.05) is 35.6 Å². The lowest BCUT2D eigenvalue weighted by atomic mass is 10.3. The maximum Gasteiger partial charge on any atom is 0.239 e. The highest BCUT2D eigenvalue weighted by atomic mass is 32.2. The first-order valence-electron chi connectivity index (χ1n) is 5.46. The van der Waals surface area contributed by atoms with Gasteiger partial charge in [0.1, 0.15) is 0 Å². The fraction of sp³-hybridized carbons (Fsp3) is 0.900. The van der Waals surface area contributed by atoms with Crippen molar-refractivity contribution in [1.29, 1.82) is 0 Å². The van der Waals surface area contributed by atoms with Crippen molar-refractivity contribution in [2.45, 2.75) is 17.7 Å². The van der Waals surface area contributed by atoms with Crippen molar-refractivity contribution < 1.29 is 4.79 Å². The molecular formula is C10H18N2OS2. The molecule has 1 N–H and O–H groups in total. The van der Waals surface area contributed by atoms with E-state index in [0.29, 0.717) is 11.2 Å². The first-order chi connectivity index (χ1) is 7.31. The van der Waals surface area contributed by atoms with Gasteiger partial charge in [-0.2, -0.15) is 23.5 Å². The lowest BCUT2D eigenvalue weighted by Gasteiger charge is -2.26. The van der Waals surface area contributed by atoms with Crippen molar-refractivity contribution in [3.05, 3.63) is 0 Å². The molecule has 0 saturated carbocycles. The normalized spacial score (nSPS) is 32.3. The summed E-state index contributed by atoms with van der Waals surface area (Å²) in [4.78, 5) is 13.9. The van der Waals surface area contributed by atoms with Crippen molar-refractivity contribution in [2.24, 2.45) is 0 Å². The van der Waals surface area contributed by atoms with E-state index in [1.165, 1.54) is 17.3 Å². The van der Waals surface area contributed by atoms with E-state index in [1.807, 2.05) is 35.5 Å². The fourth-order valence-electron chi connectivity index (χ4n) is 2.08. The average molecular weight is 246 g/mol. The van der Waals surface area contributed by atoms with Gasteiger partial charge in [0.25, 0.3) is 0 Å². The Balaban J connectivity index is 1.82. The Morgan fingerprint density at radius 2 is 2.40 bits per heavy atom. The molecule has 0 bridgehead atoms. The number of hydrogen-bond donors (Lipinski definition) is 1. The van der Waals surface area contributed by atoms with Crippen LogP contribution in [0.2, 0.25) is 0 Å². The Morgan fingerprint density at radius 3 is 3.00 bits per heavy atom. The number of thioether (sulfide) groups is 2. The molecule has 0 radical (unpaired) electrons. The van der Waals surface area contributed by atoms with E-state index in [4.69, 9.17) is 0 Å². The van der Waals surface area contributed by atoms with Gasteiger partial charge in [-0.3, -0.25) is 4.79 Å². The third kappa shape index (κ3) is 2.82. The summed E-state index contributed by atoms with van der Waals surface area (Å²) in [5.41, 5.74) is 0. The molecule has 0 spiro atoms. The zero-order chi connectivity index (χ0) is 10.7. The quantitative estimate of drug-likeness (QED) is 0.793. The molecule has 0 aliphatic carbocycles. The van der Waals surface area contributed by atoms with E-state index in [9.17, 15) is 4.79 Å². The number of hydrogen-bond acceptors (Lipinski definition) is 4. The number of nitrogens with zero attached hydrogens (tertiary/aromatic N) is 1. The summed E-state index contributed by atoms with van der Waals surface area (Å²) < 4.78 is 0. The summed E-state index contributed by atoms with van der Waals surface area (Å²) in [6, 6.07) is 0.0752. The molecule has 2 aliphatic heterocycles. The van der Waals surface area contributed by atoms with Crippen LogP contribution in [0.25, 0.3) is 0 Å². The second-order valence-corrected chi connectivity index (χ2v) is 6.54. The highest BCUT2D eigenvalue weighted by Gasteiger charge is 2.32. The highest BCUT2D eigenvalue weighted by Crippen LogP contribution is 2.25. The second-order valence-electron chi connectivity index (χ2n) is 3.98. The summed E-state index contributed by atoms with van der Waals surface area (Å²) in [6.07, 6.45) is 0.972. The number of nitrogens with one attached hydrogen (secondary N) is 1. The minimum Gasteiger partial charge on any atom is -0.340 e. The van der Waals surface area contributed by atoms with Crippen LogP contribution in [-0.2, 0) is 4.79 Å². The van der Waals surface area contributed by atoms with E-state index < -0.39 is 0 Å². The lowest BCUT2D eigenvalue weighted by molar-refractivity contribution is -0.129. The molecule has 15 heavy (non-hydrogen) atoms. The number of carbonyl (C=O) groups is 1. The zero-order valence-electron chi connectivity index (χ0n) is 9.07. The van der Waals surface area contributed by atoms with E-state index in [-0.39, 0.29) is 6.04 Å². The molecule has 0 aromatic rings. The Labute approximate surface area is 99.7 Å². The highest BCUT2D eigenvalue weighted by molar-refractivity contribution is 8.06. The fourth-order valence-corrected chi connectivity index (χ4v) is 4.76. The van der Waals surface area contributed by atoms with E-state index in [2.05, 4.69) is 5.32 Å². The van der Waals surface area contributed by atoms with Gasteiger partial charge < -0.3 is 10.2 Å². The predicted octanol–water partition coefficient (Wildman–Crippen LogP) is 0.655. The van der Waals surface area contributed by atoms with Crippen LogP contribution in [0.5, 0.6) is 0 Å². The smallest absolute Gasteiger partial charge is 0.239 e. The van der Waals surface area contributed by atoms with Crippen molar-refractivity contribution in [2.75, 3.05) is 37.4 Å². The van der Waals surface area contributed by atoms with Crippen molar-refractivity contribution in [3.8, 4) is 0 Å². The molecule has 2 heterocycles. The Kier molecular flexibility index (Phi) is 4.22. The molecule has 2 fully saturated rings. The van der Waals surface area contributed by atoms with Crippen molar-refractivity contribution in [1.82, 2.24) is 10.2 Å². The maximum atomic E-state index is 11.9. The first kappa shape index (κ1) is 11.6. The van der Waals surface area contributed by atoms with Gasteiger partial charge in [-0.1, -0.05) is 0 Å². The summed E-state index contributed by atoms with van der Waals surface area (Å²) in [6.45, 7) is 1.89. The molecule has 2 saturated heterocycles. The maximum absolute atomic E-state index is 11.9. The number of likely N-dealkylation sites (tertiary alicyclic amines) is 1. The van der Waals surface area contributed by atoms with Crippen LogP contribution in [0.3, 0.4) is 0 Å². The Bertz CT molecular complexity index is 231. The molecular weight excluding hydrogens is 228 g/mol. The van der Waals surface area contributed by atoms with Gasteiger partial charge in [-0.05, 0) is 13.5 Å². The molecule has 86 valence electrons. The van der Waals surface area contributed by atoms with E-state index in [0.717, 1.165) is 19.5 Å². The van der Waals surface area contributed by atoms with Crippen LogP contribution >= 0.6 is 23.5 Å². The van der Waals surface area contributed by atoms with Gasteiger partial charge in [-0.25, -0.2) is 0 Å². The van der Waals surface area contributed by atoms with Crippen LogP contribution < -0.4 is 5.32 Å². The molecule has 2 rings (SSSR count). The SMILES string of the molecule is CNC1CCN(CC2CSCCS2)C1=O. The molecule has 2 unspecified atom stereocenters. The molecule has 5 heteroatoms. The van der Waals surface area contributed by atoms with Crippen molar-refractivity contribution in [3.63, 3.8) is 0 Å². The third-order valence-electron chi connectivity index (χ3n) is 2.95. The summed E-state index contributed by atoms with van der Waals surface area (Å²) in [7, 11) is 1.87. The third-order valence-corrected chi connectivity index (χ3v) is 5.78. The van der Waals surface area contributed by atoms with Crippen LogP contribution in [0.1, 0.15) is 6.42 Å². The van der Waals surface area contributed by atoms with Crippen LogP contribution in [0.15, 0.2) is 0 Å². The van der Waals surface area contributed by atoms with Gasteiger partial charge in [0.05, 0.1) is 6.04 Å². The minimum absolute atomic E-state index is 0.0752. The summed E-state index contributed by atoms with van der Waals surface area (Å²) in [5, 5.41) is 3.73. The first-order valence-corrected chi connectivity index (χ1v) is 7.67. The average Bonchev–Trinajstić information content (AvgIpc) is 2.62. The summed E-state index contributed by atoms with van der Waals surface area (Å²) >= 11 is 4.05. The molecule has 0 aromatic heterocycles. The number of rotatable bonds is 3. The van der Waals surface area contributed by atoms with Gasteiger partial charge >= 0.3 is 0 Å². The van der Waals surface area contributed by atoms with Gasteiger partial charge in [-0.15, -0.1) is 0 Å². The molecule has 3 nitrogen and oxygen atoms in total. The Hall–Kier alpha value is 0.130. The van der Waals surface area contributed by atoms with Crippen LogP contribution in [0.4, 0.5) is 0 Å². The van der Waals surface area contributed by atoms with E-state index in [1.54, 1.807) is 0 Å². The predicted molar refractivity (Wildman–Crippen MR) is 67.6 cm³/mol. The minimum atomic E-state index is 0.0752. The largest absolute Gasteiger partial charge is 0.340 e. The summed E-state index contributed by atoms with van der Waals surface area (Å²) in [5.74, 6) is 4.02. The standard InChI is InChI=1S/C10H18N2OS2/c1-11-9-2-3-12(10(9)13)6-8-7-14-4-5-15-8/h8-9,11H,2-7H2,1H3.